The topological polar surface area (TPSA) is 85.0 Å². The van der Waals surface area contributed by atoms with Gasteiger partial charge in [-0.3, -0.25) is 9.69 Å². The van der Waals surface area contributed by atoms with E-state index >= 15 is 0 Å². The zero-order valence-electron chi connectivity index (χ0n) is 16.3. The number of aromatic nitrogens is 4. The monoisotopic (exact) mass is 416 g/mol. The number of rotatable bonds is 4. The summed E-state index contributed by atoms with van der Waals surface area (Å²) in [7, 11) is 0. The predicted octanol–water partition coefficient (Wildman–Crippen LogP) is 2.75. The fourth-order valence-electron chi connectivity index (χ4n) is 3.54. The highest BCUT2D eigenvalue weighted by atomic mass is 19.1. The van der Waals surface area contributed by atoms with Crippen molar-refractivity contribution in [1.29, 1.82) is 0 Å². The molecule has 0 atom stereocenters. The first-order chi connectivity index (χ1) is 15.1. The van der Waals surface area contributed by atoms with Gasteiger partial charge in [0, 0.05) is 31.0 Å². The van der Waals surface area contributed by atoms with Crippen molar-refractivity contribution in [3.05, 3.63) is 89.1 Å². The van der Waals surface area contributed by atoms with Gasteiger partial charge in [0.15, 0.2) is 11.5 Å². The van der Waals surface area contributed by atoms with Crippen LogP contribution in [0, 0.1) is 5.82 Å². The van der Waals surface area contributed by atoms with Gasteiger partial charge in [-0.2, -0.15) is 10.2 Å². The minimum absolute atomic E-state index is 0.145. The second-order valence-corrected chi connectivity index (χ2v) is 6.96. The predicted molar refractivity (Wildman–Crippen MR) is 113 cm³/mol. The molecule has 2 amide bonds. The molecule has 1 fully saturated rings. The minimum Gasteiger partial charge on any atom is -0.336 e. The van der Waals surface area contributed by atoms with Crippen molar-refractivity contribution in [1.82, 2.24) is 24.9 Å². The van der Waals surface area contributed by atoms with Crippen LogP contribution in [-0.2, 0) is 0 Å². The number of halogens is 1. The van der Waals surface area contributed by atoms with Gasteiger partial charge in [-0.1, -0.05) is 18.2 Å². The summed E-state index contributed by atoms with van der Waals surface area (Å²) >= 11 is 0. The lowest BCUT2D eigenvalue weighted by molar-refractivity contribution is 0.252. The fourth-order valence-corrected chi connectivity index (χ4v) is 3.54. The number of nitrogens with zero attached hydrogens (tertiary/aromatic N) is 5. The molecule has 1 aliphatic heterocycles. The van der Waals surface area contributed by atoms with Crippen LogP contribution < -0.4 is 15.6 Å². The van der Waals surface area contributed by atoms with E-state index in [0.29, 0.717) is 24.5 Å². The Labute approximate surface area is 176 Å². The first-order valence-electron chi connectivity index (χ1n) is 9.67. The maximum atomic E-state index is 14.9. The van der Waals surface area contributed by atoms with Gasteiger partial charge in [0.25, 0.3) is 0 Å². The van der Waals surface area contributed by atoms with Crippen molar-refractivity contribution in [3.8, 4) is 22.8 Å². The Kier molecular flexibility index (Phi) is 4.55. The number of benzene rings is 2. The molecule has 154 valence electrons. The highest BCUT2D eigenvalue weighted by Crippen LogP contribution is 2.23. The van der Waals surface area contributed by atoms with Gasteiger partial charge in [0.1, 0.15) is 5.69 Å². The second kappa shape index (κ2) is 7.52. The summed E-state index contributed by atoms with van der Waals surface area (Å²) in [4.78, 5) is 25.9. The summed E-state index contributed by atoms with van der Waals surface area (Å²) in [6.45, 7) is 0.990. The van der Waals surface area contributed by atoms with Crippen LogP contribution >= 0.6 is 0 Å². The molecule has 0 aliphatic carbocycles. The maximum absolute atomic E-state index is 14.9. The summed E-state index contributed by atoms with van der Waals surface area (Å²) < 4.78 is 17.8. The number of carbonyl (C=O) groups is 1. The third-order valence-electron chi connectivity index (χ3n) is 5.04. The molecule has 0 unspecified atom stereocenters. The van der Waals surface area contributed by atoms with E-state index in [1.165, 1.54) is 34.0 Å². The van der Waals surface area contributed by atoms with E-state index in [2.05, 4.69) is 15.5 Å². The van der Waals surface area contributed by atoms with Gasteiger partial charge in [0.2, 0.25) is 5.43 Å². The van der Waals surface area contributed by atoms with E-state index < -0.39 is 5.82 Å². The standard InChI is InChI=1S/C22H17FN6O2/c23-17-14-16(27-13-11-24-22(27)31)6-7-18(17)28-12-9-20(30)21(26-28)19-8-10-25-29(19)15-4-2-1-3-5-15/h1-10,12,14H,11,13H2,(H,24,31). The number of carbonyl (C=O) groups excluding carboxylic acids is 1. The molecule has 0 bridgehead atoms. The molecule has 1 N–H and O–H groups in total. The highest BCUT2D eigenvalue weighted by Gasteiger charge is 2.22. The third kappa shape index (κ3) is 3.35. The fraction of sp³-hybridized carbons (Fsp3) is 0.0909. The molecule has 1 saturated heterocycles. The lowest BCUT2D eigenvalue weighted by Crippen LogP contribution is -2.27. The van der Waals surface area contributed by atoms with Crippen molar-refractivity contribution in [2.45, 2.75) is 0 Å². The molecule has 2 aromatic carbocycles. The average Bonchev–Trinajstić information content (AvgIpc) is 3.44. The van der Waals surface area contributed by atoms with Crippen LogP contribution in [0.1, 0.15) is 0 Å². The molecule has 0 saturated carbocycles. The largest absolute Gasteiger partial charge is 0.336 e. The van der Waals surface area contributed by atoms with Crippen LogP contribution in [0.25, 0.3) is 22.8 Å². The van der Waals surface area contributed by atoms with Gasteiger partial charge < -0.3 is 5.32 Å². The van der Waals surface area contributed by atoms with Crippen molar-refractivity contribution in [2.24, 2.45) is 0 Å². The first kappa shape index (κ1) is 18.7. The number of hydrogen-bond donors (Lipinski definition) is 1. The molecule has 2 aromatic heterocycles. The number of amides is 2. The first-order valence-corrected chi connectivity index (χ1v) is 9.67. The highest BCUT2D eigenvalue weighted by molar-refractivity contribution is 5.94. The zero-order chi connectivity index (χ0) is 21.4. The summed E-state index contributed by atoms with van der Waals surface area (Å²) in [6.07, 6.45) is 2.99. The molecule has 1 aliphatic rings. The van der Waals surface area contributed by atoms with E-state index in [1.54, 1.807) is 23.0 Å². The van der Waals surface area contributed by atoms with Crippen LogP contribution in [0.15, 0.2) is 77.9 Å². The van der Waals surface area contributed by atoms with Crippen molar-refractivity contribution >= 4 is 11.7 Å². The number of urea groups is 1. The third-order valence-corrected chi connectivity index (χ3v) is 5.04. The Morgan fingerprint density at radius 2 is 1.81 bits per heavy atom. The van der Waals surface area contributed by atoms with Crippen molar-refractivity contribution in [2.75, 3.05) is 18.0 Å². The van der Waals surface area contributed by atoms with Crippen LogP contribution in [0.3, 0.4) is 0 Å². The van der Waals surface area contributed by atoms with Gasteiger partial charge in [0.05, 0.1) is 17.6 Å². The van der Waals surface area contributed by atoms with Crippen molar-refractivity contribution in [3.63, 3.8) is 0 Å². The molecular weight excluding hydrogens is 399 g/mol. The zero-order valence-corrected chi connectivity index (χ0v) is 16.3. The Morgan fingerprint density at radius 1 is 0.968 bits per heavy atom. The van der Waals surface area contributed by atoms with Gasteiger partial charge >= 0.3 is 6.03 Å². The lowest BCUT2D eigenvalue weighted by Gasteiger charge is -2.16. The SMILES string of the molecule is O=C1NCCN1c1ccc(-n2ccc(=O)c(-c3ccnn3-c3ccccc3)n2)c(F)c1. The van der Waals surface area contributed by atoms with Crippen molar-refractivity contribution < 1.29 is 9.18 Å². The van der Waals surface area contributed by atoms with E-state index in [-0.39, 0.29) is 22.8 Å². The Balaban J connectivity index is 1.56. The van der Waals surface area contributed by atoms with Gasteiger partial charge in [-0.15, -0.1) is 0 Å². The summed E-state index contributed by atoms with van der Waals surface area (Å²) in [5, 5.41) is 11.4. The quantitative estimate of drug-likeness (QED) is 0.554. The molecule has 0 radical (unpaired) electrons. The molecule has 5 rings (SSSR count). The molecule has 3 heterocycles. The number of hydrogen-bond acceptors (Lipinski definition) is 4. The van der Waals surface area contributed by atoms with E-state index in [4.69, 9.17) is 0 Å². The van der Waals surface area contributed by atoms with Crippen LogP contribution in [0.2, 0.25) is 0 Å². The minimum atomic E-state index is -0.559. The molecule has 31 heavy (non-hydrogen) atoms. The Bertz CT molecular complexity index is 1330. The van der Waals surface area contributed by atoms with E-state index in [9.17, 15) is 14.0 Å². The van der Waals surface area contributed by atoms with E-state index in [1.807, 2.05) is 30.3 Å². The van der Waals surface area contributed by atoms with Gasteiger partial charge in [-0.05, 0) is 36.4 Å². The lowest BCUT2D eigenvalue weighted by atomic mass is 10.2. The van der Waals surface area contributed by atoms with Crippen LogP contribution in [0.5, 0.6) is 0 Å². The molecule has 8 nitrogen and oxygen atoms in total. The summed E-state index contributed by atoms with van der Waals surface area (Å²) in [5.74, 6) is -0.559. The summed E-state index contributed by atoms with van der Waals surface area (Å²) in [5.41, 5.74) is 1.73. The number of para-hydroxylation sites is 1. The Morgan fingerprint density at radius 3 is 2.55 bits per heavy atom. The Hall–Kier alpha value is -4.27. The summed E-state index contributed by atoms with van der Waals surface area (Å²) in [6, 6.07) is 16.6. The normalized spacial score (nSPS) is 13.5. The molecular formula is C22H17FN6O2. The van der Waals surface area contributed by atoms with Crippen LogP contribution in [0.4, 0.5) is 14.9 Å². The van der Waals surface area contributed by atoms with Gasteiger partial charge in [-0.25, -0.2) is 18.5 Å². The molecule has 0 spiro atoms. The average molecular weight is 416 g/mol. The smallest absolute Gasteiger partial charge is 0.321 e. The van der Waals surface area contributed by atoms with Crippen LogP contribution in [-0.4, -0.2) is 38.7 Å². The number of nitrogens with one attached hydrogen (secondary N) is 1. The maximum Gasteiger partial charge on any atom is 0.321 e. The number of anilines is 1. The second-order valence-electron chi connectivity index (χ2n) is 6.96. The van der Waals surface area contributed by atoms with E-state index in [0.717, 1.165) is 5.69 Å². The molecule has 9 heteroatoms. The molecule has 4 aromatic rings.